The zero-order valence-corrected chi connectivity index (χ0v) is 13.2. The molecule has 16 heavy (non-hydrogen) atoms. The molecule has 1 aromatic rings. The fraction of sp³-hybridized carbons (Fsp3) is 0.538. The maximum Gasteiger partial charge on any atom is 0.218 e. The third-order valence-corrected chi connectivity index (χ3v) is 12.1. The largest absolute Gasteiger partial charge is 0.413 e. The van der Waals surface area contributed by atoms with Gasteiger partial charge in [-0.2, -0.15) is 0 Å². The average Bonchev–Trinajstić information content (AvgIpc) is 2.16. The molecule has 0 N–H and O–H groups in total. The van der Waals surface area contributed by atoms with E-state index in [2.05, 4.69) is 63.4 Å². The summed E-state index contributed by atoms with van der Waals surface area (Å²) >= 11 is 0. The highest BCUT2D eigenvalue weighted by Crippen LogP contribution is 2.20. The minimum atomic E-state index is -1.70. The third-order valence-electron chi connectivity index (χ3n) is 2.72. The monoisotopic (exact) mass is 252 g/mol. The molecule has 0 radical (unpaired) electrons. The van der Waals surface area contributed by atoms with Gasteiger partial charge in [0, 0.05) is 14.7 Å². The maximum atomic E-state index is 6.17. The van der Waals surface area contributed by atoms with Gasteiger partial charge in [-0.1, -0.05) is 50.0 Å². The Morgan fingerprint density at radius 1 is 1.00 bits per heavy atom. The van der Waals surface area contributed by atoms with Crippen molar-refractivity contribution in [2.45, 2.75) is 38.8 Å². The normalized spacial score (nSPS) is 15.8. The molecule has 0 aromatic heterocycles. The summed E-state index contributed by atoms with van der Waals surface area (Å²) in [6.07, 6.45) is 0. The van der Waals surface area contributed by atoms with Gasteiger partial charge in [-0.25, -0.2) is 0 Å². The van der Waals surface area contributed by atoms with E-state index in [1.54, 1.807) is 0 Å². The minimum Gasteiger partial charge on any atom is -0.413 e. The van der Waals surface area contributed by atoms with E-state index < -0.39 is 16.4 Å². The predicted molar refractivity (Wildman–Crippen MR) is 77.5 cm³/mol. The first-order valence-electron chi connectivity index (χ1n) is 6.07. The van der Waals surface area contributed by atoms with Crippen LogP contribution in [0, 0.1) is 0 Å². The van der Waals surface area contributed by atoms with E-state index in [-0.39, 0.29) is 0 Å². The Kier molecular flexibility index (Phi) is 4.53. The van der Waals surface area contributed by atoms with Crippen molar-refractivity contribution in [3.63, 3.8) is 0 Å². The molecule has 0 saturated heterocycles. The van der Waals surface area contributed by atoms with Crippen LogP contribution in [0.25, 0.3) is 0 Å². The number of hydrogen-bond acceptors (Lipinski definition) is 1. The predicted octanol–water partition coefficient (Wildman–Crippen LogP) is 3.38. The van der Waals surface area contributed by atoms with Crippen molar-refractivity contribution < 1.29 is 4.43 Å². The highest BCUT2D eigenvalue weighted by molar-refractivity contribution is 6.98. The van der Waals surface area contributed by atoms with Crippen LogP contribution < -0.4 is 5.19 Å². The first-order valence-corrected chi connectivity index (χ1v) is 12.4. The Labute approximate surface area is 102 Å². The lowest BCUT2D eigenvalue weighted by molar-refractivity contribution is 0.337. The van der Waals surface area contributed by atoms with Crippen molar-refractivity contribution in [3.8, 4) is 0 Å². The van der Waals surface area contributed by atoms with E-state index in [4.69, 9.17) is 4.43 Å². The summed E-state index contributed by atoms with van der Waals surface area (Å²) in [5.74, 6) is 0. The number of rotatable bonds is 5. The summed E-state index contributed by atoms with van der Waals surface area (Å²) in [6.45, 7) is 12.6. The summed E-state index contributed by atoms with van der Waals surface area (Å²) in [7, 11) is -2.78. The number of hydrogen-bond donors (Lipinski definition) is 0. The van der Waals surface area contributed by atoms with E-state index >= 15 is 0 Å². The highest BCUT2D eigenvalue weighted by Gasteiger charge is 2.36. The second kappa shape index (κ2) is 5.30. The molecule has 1 unspecified atom stereocenters. The lowest BCUT2D eigenvalue weighted by Crippen LogP contribution is -2.52. The van der Waals surface area contributed by atoms with E-state index in [9.17, 15) is 0 Å². The molecule has 0 heterocycles. The van der Waals surface area contributed by atoms with Crippen LogP contribution in [0.15, 0.2) is 30.3 Å². The summed E-state index contributed by atoms with van der Waals surface area (Å²) in [4.78, 5) is 0. The van der Waals surface area contributed by atoms with Crippen LogP contribution in [0.1, 0.15) is 6.92 Å². The molecule has 3 heteroatoms. The standard InChI is InChI=1S/C13H24OSi2/c1-6-14-16(5,12-15(2,3)4)13-10-8-7-9-11-13/h7-11H,6,12H2,1-5H3. The minimum absolute atomic E-state index is 0.835. The van der Waals surface area contributed by atoms with Gasteiger partial charge < -0.3 is 4.43 Å². The molecular formula is C13H24OSi2. The van der Waals surface area contributed by atoms with E-state index in [1.165, 1.54) is 10.9 Å². The molecule has 1 rings (SSSR count). The topological polar surface area (TPSA) is 9.23 Å². The first kappa shape index (κ1) is 13.7. The summed E-state index contributed by atoms with van der Waals surface area (Å²) in [6, 6.07) is 10.8. The summed E-state index contributed by atoms with van der Waals surface area (Å²) in [5, 5.41) is 1.44. The van der Waals surface area contributed by atoms with Gasteiger partial charge in [0.25, 0.3) is 0 Å². The Balaban J connectivity index is 2.97. The van der Waals surface area contributed by atoms with Crippen LogP contribution in [0.3, 0.4) is 0 Å². The smallest absolute Gasteiger partial charge is 0.218 e. The Hall–Kier alpha value is -0.386. The Morgan fingerprint density at radius 2 is 1.56 bits per heavy atom. The van der Waals surface area contributed by atoms with Gasteiger partial charge in [0.1, 0.15) is 0 Å². The van der Waals surface area contributed by atoms with Crippen LogP contribution in [0.2, 0.25) is 31.9 Å². The molecule has 0 bridgehead atoms. The fourth-order valence-electron chi connectivity index (χ4n) is 2.36. The van der Waals surface area contributed by atoms with Crippen LogP contribution >= 0.6 is 0 Å². The molecule has 1 nitrogen and oxygen atoms in total. The van der Waals surface area contributed by atoms with Gasteiger partial charge in [0.05, 0.1) is 0 Å². The fourth-order valence-corrected chi connectivity index (χ4v) is 13.4. The molecule has 0 fully saturated rings. The molecule has 0 aliphatic heterocycles. The molecular weight excluding hydrogens is 228 g/mol. The maximum absolute atomic E-state index is 6.17. The molecule has 0 amide bonds. The zero-order chi connectivity index (χ0) is 12.2. The van der Waals surface area contributed by atoms with Gasteiger partial charge in [-0.15, -0.1) is 0 Å². The van der Waals surface area contributed by atoms with Crippen LogP contribution in [0.4, 0.5) is 0 Å². The van der Waals surface area contributed by atoms with Crippen molar-refractivity contribution in [1.82, 2.24) is 0 Å². The molecule has 1 aromatic carbocycles. The van der Waals surface area contributed by atoms with Crippen molar-refractivity contribution in [2.24, 2.45) is 0 Å². The van der Waals surface area contributed by atoms with E-state index in [0.29, 0.717) is 0 Å². The van der Waals surface area contributed by atoms with Gasteiger partial charge in [-0.3, -0.25) is 0 Å². The Morgan fingerprint density at radius 3 is 2.00 bits per heavy atom. The van der Waals surface area contributed by atoms with E-state index in [1.807, 2.05) is 0 Å². The second-order valence-corrected chi connectivity index (χ2v) is 15.6. The zero-order valence-electron chi connectivity index (χ0n) is 11.2. The molecule has 0 saturated carbocycles. The summed E-state index contributed by atoms with van der Waals surface area (Å²) in [5.41, 5.74) is 1.30. The highest BCUT2D eigenvalue weighted by atomic mass is 28.4. The lowest BCUT2D eigenvalue weighted by atomic mass is 10.4. The van der Waals surface area contributed by atoms with Crippen molar-refractivity contribution in [3.05, 3.63) is 30.3 Å². The van der Waals surface area contributed by atoms with Gasteiger partial charge in [-0.05, 0) is 24.3 Å². The Bertz CT molecular complexity index is 318. The molecule has 1 atom stereocenters. The molecule has 0 aliphatic carbocycles. The van der Waals surface area contributed by atoms with Crippen LogP contribution in [-0.4, -0.2) is 23.0 Å². The van der Waals surface area contributed by atoms with Gasteiger partial charge in [0.15, 0.2) is 0 Å². The number of benzene rings is 1. The molecule has 0 aliphatic rings. The quantitative estimate of drug-likeness (QED) is 0.730. The molecule has 0 spiro atoms. The third kappa shape index (κ3) is 3.88. The van der Waals surface area contributed by atoms with Gasteiger partial charge in [0.2, 0.25) is 8.32 Å². The van der Waals surface area contributed by atoms with Crippen LogP contribution in [0.5, 0.6) is 0 Å². The van der Waals surface area contributed by atoms with Crippen molar-refractivity contribution in [2.75, 3.05) is 6.61 Å². The van der Waals surface area contributed by atoms with Crippen molar-refractivity contribution in [1.29, 1.82) is 0 Å². The SMILES string of the molecule is CCO[Si](C)(C[Si](C)(C)C)c1ccccc1. The molecule has 90 valence electrons. The second-order valence-electron chi connectivity index (χ2n) is 5.77. The first-order chi connectivity index (χ1) is 7.37. The van der Waals surface area contributed by atoms with Crippen LogP contribution in [-0.2, 0) is 4.43 Å². The summed E-state index contributed by atoms with van der Waals surface area (Å²) < 4.78 is 6.17. The van der Waals surface area contributed by atoms with E-state index in [0.717, 1.165) is 6.61 Å². The lowest BCUT2D eigenvalue weighted by Gasteiger charge is -2.32. The van der Waals surface area contributed by atoms with Crippen molar-refractivity contribution >= 4 is 21.6 Å². The van der Waals surface area contributed by atoms with Gasteiger partial charge >= 0.3 is 0 Å². The average molecular weight is 253 g/mol.